The Kier molecular flexibility index (Phi) is 7.48. The monoisotopic (exact) mass is 434 g/mol. The second kappa shape index (κ2) is 10.9. The summed E-state index contributed by atoms with van der Waals surface area (Å²) >= 11 is 0. The molecule has 6 nitrogen and oxygen atoms in total. The average molecular weight is 435 g/mol. The lowest BCUT2D eigenvalue weighted by molar-refractivity contribution is 0.148. The Bertz CT molecular complexity index is 1140. The van der Waals surface area contributed by atoms with Crippen LogP contribution in [0.4, 0.5) is 0 Å². The number of para-hydroxylation sites is 3. The van der Waals surface area contributed by atoms with Crippen molar-refractivity contribution in [3.63, 3.8) is 0 Å². The van der Waals surface area contributed by atoms with E-state index in [4.69, 9.17) is 14.2 Å². The molecule has 0 aliphatic carbocycles. The third-order valence-corrected chi connectivity index (χ3v) is 5.41. The molecule has 6 heteroatoms. The highest BCUT2D eigenvalue weighted by atomic mass is 16.5. The van der Waals surface area contributed by atoms with Gasteiger partial charge in [0, 0.05) is 34.9 Å². The zero-order chi connectivity index (χ0) is 22.2. The highest BCUT2D eigenvalue weighted by Gasteiger charge is 2.07. The van der Waals surface area contributed by atoms with Crippen LogP contribution in [-0.4, -0.2) is 49.6 Å². The second-order valence-corrected chi connectivity index (χ2v) is 7.73. The zero-order valence-corrected chi connectivity index (χ0v) is 18.3. The summed E-state index contributed by atoms with van der Waals surface area (Å²) < 4.78 is 16.9. The Morgan fingerprint density at radius 1 is 0.875 bits per heavy atom. The van der Waals surface area contributed by atoms with Crippen molar-refractivity contribution in [2.45, 2.75) is 18.9 Å². The number of methoxy groups -OCH3 is 1. The number of ether oxygens (including phenoxy) is 3. The summed E-state index contributed by atoms with van der Waals surface area (Å²) in [4.78, 5) is 3.42. The van der Waals surface area contributed by atoms with E-state index in [1.165, 1.54) is 5.39 Å². The van der Waals surface area contributed by atoms with E-state index in [1.807, 2.05) is 42.5 Å². The van der Waals surface area contributed by atoms with Gasteiger partial charge in [-0.2, -0.15) is 0 Å². The summed E-state index contributed by atoms with van der Waals surface area (Å²) in [5.74, 6) is 2.29. The number of aromatic nitrogens is 1. The lowest BCUT2D eigenvalue weighted by Gasteiger charge is -2.13. The Balaban J connectivity index is 1.13. The van der Waals surface area contributed by atoms with Crippen LogP contribution < -0.4 is 19.5 Å². The van der Waals surface area contributed by atoms with E-state index >= 15 is 0 Å². The predicted octanol–water partition coefficient (Wildman–Crippen LogP) is 4.52. The molecule has 1 atom stereocenters. The topological polar surface area (TPSA) is 75.7 Å². The van der Waals surface area contributed by atoms with Crippen LogP contribution in [0.2, 0.25) is 0 Å². The van der Waals surface area contributed by atoms with Gasteiger partial charge in [0.25, 0.3) is 0 Å². The van der Waals surface area contributed by atoms with Crippen LogP contribution in [0, 0.1) is 0 Å². The van der Waals surface area contributed by atoms with Gasteiger partial charge < -0.3 is 29.6 Å². The number of benzene rings is 3. The normalized spacial score (nSPS) is 12.2. The van der Waals surface area contributed by atoms with E-state index in [0.29, 0.717) is 32.7 Å². The van der Waals surface area contributed by atoms with Gasteiger partial charge in [-0.15, -0.1) is 0 Å². The van der Waals surface area contributed by atoms with Gasteiger partial charge in [0.15, 0.2) is 11.5 Å². The van der Waals surface area contributed by atoms with Crippen molar-refractivity contribution in [2.24, 2.45) is 0 Å². The number of fused-ring (bicyclic) bond motifs is 3. The second-order valence-electron chi connectivity index (χ2n) is 7.73. The van der Waals surface area contributed by atoms with Gasteiger partial charge in [-0.1, -0.05) is 30.3 Å². The molecular weight excluding hydrogens is 404 g/mol. The minimum atomic E-state index is -0.416. The molecule has 0 amide bonds. The zero-order valence-electron chi connectivity index (χ0n) is 18.3. The van der Waals surface area contributed by atoms with Crippen LogP contribution in [0.1, 0.15) is 12.8 Å². The molecule has 32 heavy (non-hydrogen) atoms. The molecule has 4 rings (SSSR count). The molecule has 3 aromatic carbocycles. The first-order valence-electron chi connectivity index (χ1n) is 11.0. The van der Waals surface area contributed by atoms with Gasteiger partial charge in [0.05, 0.1) is 19.8 Å². The molecule has 0 aliphatic rings. The molecule has 0 radical (unpaired) electrons. The summed E-state index contributed by atoms with van der Waals surface area (Å²) in [6.45, 7) is 2.25. The minimum absolute atomic E-state index is 0.416. The SMILES string of the molecule is COc1ccccc1OCCNCC(O)CCCOc1ccc2[nH]c3ccccc3c2c1. The van der Waals surface area contributed by atoms with Crippen molar-refractivity contribution in [1.82, 2.24) is 10.3 Å². The summed E-state index contributed by atoms with van der Waals surface area (Å²) in [6, 6.07) is 21.9. The number of nitrogens with one attached hydrogen (secondary N) is 2. The van der Waals surface area contributed by atoms with Crippen LogP contribution in [-0.2, 0) is 0 Å². The summed E-state index contributed by atoms with van der Waals surface area (Å²) in [7, 11) is 1.63. The first kappa shape index (κ1) is 22.0. The molecule has 0 aliphatic heterocycles. The molecular formula is C26H30N2O4. The third kappa shape index (κ3) is 5.52. The Labute approximate surface area is 188 Å². The number of aromatic amines is 1. The van der Waals surface area contributed by atoms with E-state index in [0.717, 1.165) is 40.1 Å². The molecule has 0 saturated heterocycles. The number of aliphatic hydroxyl groups excluding tert-OH is 1. The van der Waals surface area contributed by atoms with Crippen LogP contribution in [0.5, 0.6) is 17.2 Å². The summed E-state index contributed by atoms with van der Waals surface area (Å²) in [5, 5.41) is 15.8. The quantitative estimate of drug-likeness (QED) is 0.286. The highest BCUT2D eigenvalue weighted by Crippen LogP contribution is 2.28. The molecule has 3 N–H and O–H groups in total. The first-order chi connectivity index (χ1) is 15.7. The van der Waals surface area contributed by atoms with Crippen molar-refractivity contribution >= 4 is 21.8 Å². The minimum Gasteiger partial charge on any atom is -0.494 e. The number of hydrogen-bond acceptors (Lipinski definition) is 5. The fourth-order valence-corrected chi connectivity index (χ4v) is 3.77. The molecule has 1 aromatic heterocycles. The van der Waals surface area contributed by atoms with Gasteiger partial charge in [-0.25, -0.2) is 0 Å². The molecule has 1 heterocycles. The van der Waals surface area contributed by atoms with E-state index < -0.39 is 6.10 Å². The van der Waals surface area contributed by atoms with E-state index in [9.17, 15) is 5.11 Å². The largest absolute Gasteiger partial charge is 0.494 e. The highest BCUT2D eigenvalue weighted by molar-refractivity contribution is 6.07. The van der Waals surface area contributed by atoms with Gasteiger partial charge in [-0.05, 0) is 49.2 Å². The van der Waals surface area contributed by atoms with Gasteiger partial charge in [0.2, 0.25) is 0 Å². The molecule has 0 saturated carbocycles. The average Bonchev–Trinajstić information content (AvgIpc) is 3.20. The number of aliphatic hydroxyl groups is 1. The smallest absolute Gasteiger partial charge is 0.161 e. The lowest BCUT2D eigenvalue weighted by atomic mass is 10.1. The summed E-state index contributed by atoms with van der Waals surface area (Å²) in [5.41, 5.74) is 2.23. The molecule has 0 fully saturated rings. The Morgan fingerprint density at radius 3 is 2.53 bits per heavy atom. The maximum Gasteiger partial charge on any atom is 0.161 e. The van der Waals surface area contributed by atoms with Crippen molar-refractivity contribution in [3.8, 4) is 17.2 Å². The van der Waals surface area contributed by atoms with E-state index in [2.05, 4.69) is 34.6 Å². The van der Waals surface area contributed by atoms with Crippen molar-refractivity contribution in [2.75, 3.05) is 33.4 Å². The fourth-order valence-electron chi connectivity index (χ4n) is 3.77. The number of H-pyrrole nitrogens is 1. The van der Waals surface area contributed by atoms with Crippen molar-refractivity contribution < 1.29 is 19.3 Å². The molecule has 0 bridgehead atoms. The van der Waals surface area contributed by atoms with Crippen LogP contribution in [0.3, 0.4) is 0 Å². The molecule has 168 valence electrons. The molecule has 0 spiro atoms. The number of hydrogen-bond donors (Lipinski definition) is 3. The van der Waals surface area contributed by atoms with Gasteiger partial charge >= 0.3 is 0 Å². The Morgan fingerprint density at radius 2 is 1.66 bits per heavy atom. The van der Waals surface area contributed by atoms with Gasteiger partial charge in [-0.3, -0.25) is 0 Å². The summed E-state index contributed by atoms with van der Waals surface area (Å²) in [6.07, 6.45) is 1.04. The van der Waals surface area contributed by atoms with Crippen LogP contribution in [0.25, 0.3) is 21.8 Å². The standard InChI is InChI=1S/C26H30N2O4/c1-30-25-10-4-5-11-26(25)32-16-14-27-18-19(29)7-6-15-31-20-12-13-24-22(17-20)21-8-2-3-9-23(21)28-24/h2-5,8-13,17,19,27-29H,6-7,14-16,18H2,1H3. The third-order valence-electron chi connectivity index (χ3n) is 5.41. The Hall–Kier alpha value is -3.22. The molecule has 4 aromatic rings. The van der Waals surface area contributed by atoms with E-state index in [-0.39, 0.29) is 0 Å². The fraction of sp³-hybridized carbons (Fsp3) is 0.308. The lowest BCUT2D eigenvalue weighted by Crippen LogP contribution is -2.30. The van der Waals surface area contributed by atoms with Crippen LogP contribution in [0.15, 0.2) is 66.7 Å². The van der Waals surface area contributed by atoms with Crippen molar-refractivity contribution in [1.29, 1.82) is 0 Å². The predicted molar refractivity (Wildman–Crippen MR) is 128 cm³/mol. The number of rotatable bonds is 12. The maximum absolute atomic E-state index is 10.2. The van der Waals surface area contributed by atoms with Crippen molar-refractivity contribution in [3.05, 3.63) is 66.7 Å². The van der Waals surface area contributed by atoms with E-state index in [1.54, 1.807) is 7.11 Å². The van der Waals surface area contributed by atoms with Crippen LogP contribution >= 0.6 is 0 Å². The van der Waals surface area contributed by atoms with Gasteiger partial charge in [0.1, 0.15) is 12.4 Å². The molecule has 1 unspecified atom stereocenters. The maximum atomic E-state index is 10.2. The first-order valence-corrected chi connectivity index (χ1v) is 11.0.